The minimum atomic E-state index is -1.30. The van der Waals surface area contributed by atoms with Crippen LogP contribution in [0.5, 0.6) is 5.75 Å². The van der Waals surface area contributed by atoms with E-state index in [0.717, 1.165) is 29.7 Å². The van der Waals surface area contributed by atoms with E-state index in [1.807, 2.05) is 48.5 Å². The number of anilines is 1. The SMILES string of the molecule is CCCCOc1cccc(-c2ccc(NC(=O)[C@@](C)(N)CO)cc2)c1. The van der Waals surface area contributed by atoms with Crippen molar-refractivity contribution in [1.29, 1.82) is 0 Å². The second-order valence-corrected chi connectivity index (χ2v) is 6.34. The van der Waals surface area contributed by atoms with E-state index in [2.05, 4.69) is 12.2 Å². The maximum absolute atomic E-state index is 12.0. The van der Waals surface area contributed by atoms with Crippen molar-refractivity contribution < 1.29 is 14.6 Å². The van der Waals surface area contributed by atoms with Crippen molar-refractivity contribution in [3.8, 4) is 16.9 Å². The first kappa shape index (κ1) is 19.0. The molecule has 5 heteroatoms. The lowest BCUT2D eigenvalue weighted by atomic mass is 10.0. The Labute approximate surface area is 148 Å². The number of carbonyl (C=O) groups excluding carboxylic acids is 1. The summed E-state index contributed by atoms with van der Waals surface area (Å²) >= 11 is 0. The van der Waals surface area contributed by atoms with Gasteiger partial charge in [-0.25, -0.2) is 0 Å². The van der Waals surface area contributed by atoms with Crippen LogP contribution in [0.2, 0.25) is 0 Å². The van der Waals surface area contributed by atoms with Crippen LogP contribution in [0.15, 0.2) is 48.5 Å². The van der Waals surface area contributed by atoms with Crippen LogP contribution in [0.25, 0.3) is 11.1 Å². The average Bonchev–Trinajstić information content (AvgIpc) is 2.63. The van der Waals surface area contributed by atoms with Crippen molar-refractivity contribution in [2.75, 3.05) is 18.5 Å². The van der Waals surface area contributed by atoms with Gasteiger partial charge in [0.25, 0.3) is 0 Å². The largest absolute Gasteiger partial charge is 0.494 e. The van der Waals surface area contributed by atoms with Crippen LogP contribution in [0.4, 0.5) is 5.69 Å². The number of benzene rings is 2. The van der Waals surface area contributed by atoms with Gasteiger partial charge < -0.3 is 20.9 Å². The highest BCUT2D eigenvalue weighted by Crippen LogP contribution is 2.25. The smallest absolute Gasteiger partial charge is 0.246 e. The topological polar surface area (TPSA) is 84.6 Å². The quantitative estimate of drug-likeness (QED) is 0.643. The van der Waals surface area contributed by atoms with Gasteiger partial charge in [0, 0.05) is 5.69 Å². The molecule has 2 rings (SSSR count). The first-order valence-corrected chi connectivity index (χ1v) is 8.51. The van der Waals surface area contributed by atoms with Crippen LogP contribution in [-0.4, -0.2) is 29.8 Å². The Hall–Kier alpha value is -2.37. The number of unbranched alkanes of at least 4 members (excludes halogenated alkanes) is 1. The number of hydrogen-bond acceptors (Lipinski definition) is 4. The molecule has 0 unspecified atom stereocenters. The highest BCUT2D eigenvalue weighted by molar-refractivity contribution is 5.97. The van der Waals surface area contributed by atoms with Gasteiger partial charge in [-0.2, -0.15) is 0 Å². The standard InChI is InChI=1S/C20H26N2O3/c1-3-4-12-25-18-7-5-6-16(13-18)15-8-10-17(11-9-15)22-19(24)20(2,21)14-23/h5-11,13,23H,3-4,12,14,21H2,1-2H3,(H,22,24)/t20-/m0/s1. The van der Waals surface area contributed by atoms with Gasteiger partial charge in [0.15, 0.2) is 0 Å². The second-order valence-electron chi connectivity index (χ2n) is 6.34. The predicted molar refractivity (Wildman–Crippen MR) is 101 cm³/mol. The summed E-state index contributed by atoms with van der Waals surface area (Å²) in [7, 11) is 0. The van der Waals surface area contributed by atoms with Crippen molar-refractivity contribution >= 4 is 11.6 Å². The molecule has 2 aromatic rings. The summed E-state index contributed by atoms with van der Waals surface area (Å²) in [5, 5.41) is 11.8. The number of nitrogens with one attached hydrogen (secondary N) is 1. The van der Waals surface area contributed by atoms with Crippen LogP contribution < -0.4 is 15.8 Å². The van der Waals surface area contributed by atoms with E-state index in [9.17, 15) is 4.79 Å². The fourth-order valence-corrected chi connectivity index (χ4v) is 2.19. The Balaban J connectivity index is 2.07. The molecule has 0 saturated heterocycles. The Morgan fingerprint density at radius 1 is 1.20 bits per heavy atom. The van der Waals surface area contributed by atoms with Crippen molar-refractivity contribution in [3.05, 3.63) is 48.5 Å². The number of aliphatic hydroxyl groups is 1. The zero-order chi connectivity index (χ0) is 18.3. The van der Waals surface area contributed by atoms with Gasteiger partial charge in [0.05, 0.1) is 13.2 Å². The van der Waals surface area contributed by atoms with Gasteiger partial charge in [-0.15, -0.1) is 0 Å². The number of rotatable bonds is 8. The van der Waals surface area contributed by atoms with Crippen LogP contribution in [0.3, 0.4) is 0 Å². The molecule has 0 aromatic heterocycles. The maximum atomic E-state index is 12.0. The molecule has 1 amide bonds. The Morgan fingerprint density at radius 2 is 1.92 bits per heavy atom. The Kier molecular flexibility index (Phi) is 6.56. The summed E-state index contributed by atoms with van der Waals surface area (Å²) < 4.78 is 5.74. The summed E-state index contributed by atoms with van der Waals surface area (Å²) in [6.45, 7) is 3.92. The molecule has 0 aliphatic carbocycles. The number of amides is 1. The van der Waals surface area contributed by atoms with Crippen LogP contribution in [-0.2, 0) is 4.79 Å². The van der Waals surface area contributed by atoms with E-state index in [1.165, 1.54) is 6.92 Å². The van der Waals surface area contributed by atoms with Crippen molar-refractivity contribution in [2.24, 2.45) is 5.73 Å². The van der Waals surface area contributed by atoms with E-state index in [1.54, 1.807) is 0 Å². The van der Waals surface area contributed by atoms with Crippen molar-refractivity contribution in [1.82, 2.24) is 0 Å². The zero-order valence-corrected chi connectivity index (χ0v) is 14.8. The van der Waals surface area contributed by atoms with Gasteiger partial charge >= 0.3 is 0 Å². The van der Waals surface area contributed by atoms with Gasteiger partial charge in [0.2, 0.25) is 5.91 Å². The monoisotopic (exact) mass is 342 g/mol. The van der Waals surface area contributed by atoms with Crippen LogP contribution in [0.1, 0.15) is 26.7 Å². The third-order valence-electron chi connectivity index (χ3n) is 3.92. The predicted octanol–water partition coefficient (Wildman–Crippen LogP) is 3.18. The summed E-state index contributed by atoms with van der Waals surface area (Å²) in [6.07, 6.45) is 2.14. The summed E-state index contributed by atoms with van der Waals surface area (Å²) in [6, 6.07) is 15.4. The molecular formula is C20H26N2O3. The maximum Gasteiger partial charge on any atom is 0.246 e. The van der Waals surface area contributed by atoms with Gasteiger partial charge in [-0.05, 0) is 48.7 Å². The lowest BCUT2D eigenvalue weighted by molar-refractivity contribution is -0.121. The lowest BCUT2D eigenvalue weighted by Crippen LogP contribution is -2.51. The lowest BCUT2D eigenvalue weighted by Gasteiger charge is -2.20. The minimum Gasteiger partial charge on any atom is -0.494 e. The third-order valence-corrected chi connectivity index (χ3v) is 3.92. The molecule has 0 spiro atoms. The number of ether oxygens (including phenoxy) is 1. The van der Waals surface area contributed by atoms with Crippen molar-refractivity contribution in [2.45, 2.75) is 32.2 Å². The van der Waals surface area contributed by atoms with E-state index >= 15 is 0 Å². The fraction of sp³-hybridized carbons (Fsp3) is 0.350. The number of hydrogen-bond donors (Lipinski definition) is 3. The molecule has 25 heavy (non-hydrogen) atoms. The highest BCUT2D eigenvalue weighted by atomic mass is 16.5. The molecule has 0 fully saturated rings. The molecule has 1 atom stereocenters. The van der Waals surface area contributed by atoms with E-state index in [-0.39, 0.29) is 0 Å². The van der Waals surface area contributed by atoms with E-state index in [0.29, 0.717) is 12.3 Å². The molecule has 0 aliphatic rings. The molecule has 134 valence electrons. The van der Waals surface area contributed by atoms with Gasteiger partial charge in [0.1, 0.15) is 11.3 Å². The number of carbonyl (C=O) groups is 1. The van der Waals surface area contributed by atoms with Crippen LogP contribution in [0, 0.1) is 0 Å². The van der Waals surface area contributed by atoms with E-state index in [4.69, 9.17) is 15.6 Å². The molecule has 0 aliphatic heterocycles. The fourth-order valence-electron chi connectivity index (χ4n) is 2.19. The summed E-state index contributed by atoms with van der Waals surface area (Å²) in [4.78, 5) is 12.0. The molecule has 2 aromatic carbocycles. The van der Waals surface area contributed by atoms with Gasteiger partial charge in [-0.1, -0.05) is 37.6 Å². The first-order valence-electron chi connectivity index (χ1n) is 8.51. The third kappa shape index (κ3) is 5.31. The Bertz CT molecular complexity index is 696. The highest BCUT2D eigenvalue weighted by Gasteiger charge is 2.27. The zero-order valence-electron chi connectivity index (χ0n) is 14.8. The molecule has 0 radical (unpaired) electrons. The second kappa shape index (κ2) is 8.65. The van der Waals surface area contributed by atoms with Gasteiger partial charge in [-0.3, -0.25) is 4.79 Å². The van der Waals surface area contributed by atoms with Crippen molar-refractivity contribution in [3.63, 3.8) is 0 Å². The molecule has 5 nitrogen and oxygen atoms in total. The average molecular weight is 342 g/mol. The summed E-state index contributed by atoms with van der Waals surface area (Å²) in [5.41, 5.74) is 7.12. The van der Waals surface area contributed by atoms with Crippen LogP contribution >= 0.6 is 0 Å². The normalized spacial score (nSPS) is 13.1. The molecule has 4 N–H and O–H groups in total. The Morgan fingerprint density at radius 3 is 2.56 bits per heavy atom. The minimum absolute atomic E-state index is 0.415. The van der Waals surface area contributed by atoms with E-state index < -0.39 is 18.1 Å². The molecule has 0 bridgehead atoms. The summed E-state index contributed by atoms with van der Waals surface area (Å²) in [5.74, 6) is 0.430. The number of nitrogens with two attached hydrogens (primary N) is 1. The molecule has 0 heterocycles. The molecule has 0 saturated carbocycles. The first-order chi connectivity index (χ1) is 12.0. The number of aliphatic hydroxyl groups excluding tert-OH is 1. The molecular weight excluding hydrogens is 316 g/mol.